The monoisotopic (exact) mass is 357 g/mol. The van der Waals surface area contributed by atoms with E-state index in [9.17, 15) is 4.79 Å². The second kappa shape index (κ2) is 8.27. The SMILES string of the molecule is COc1ccccc1C(CNC(=O)c1ccc[nH]c1=S)N1CCCC1. The van der Waals surface area contributed by atoms with Gasteiger partial charge in [0.25, 0.3) is 5.91 Å². The van der Waals surface area contributed by atoms with E-state index in [1.54, 1.807) is 25.4 Å². The minimum atomic E-state index is -0.152. The van der Waals surface area contributed by atoms with Gasteiger partial charge in [-0.3, -0.25) is 9.69 Å². The van der Waals surface area contributed by atoms with Gasteiger partial charge in [0.05, 0.1) is 18.7 Å². The minimum absolute atomic E-state index is 0.0869. The lowest BCUT2D eigenvalue weighted by molar-refractivity contribution is 0.0936. The number of pyridine rings is 1. The molecule has 1 saturated heterocycles. The summed E-state index contributed by atoms with van der Waals surface area (Å²) in [5.41, 5.74) is 1.60. The second-order valence-corrected chi connectivity index (χ2v) is 6.53. The lowest BCUT2D eigenvalue weighted by atomic mass is 10.0. The van der Waals surface area contributed by atoms with E-state index in [1.807, 2.05) is 18.2 Å². The largest absolute Gasteiger partial charge is 0.496 e. The Morgan fingerprint density at radius 3 is 2.76 bits per heavy atom. The molecular weight excluding hydrogens is 334 g/mol. The maximum absolute atomic E-state index is 12.5. The standard InChI is InChI=1S/C19H23N3O2S/c1-24-17-9-3-2-7-14(17)16(22-11-4-5-12-22)13-21-18(23)15-8-6-10-20-19(15)25/h2-3,6-10,16H,4-5,11-13H2,1H3,(H,20,25)(H,21,23). The Bertz CT molecular complexity index is 784. The average molecular weight is 357 g/mol. The molecule has 0 spiro atoms. The summed E-state index contributed by atoms with van der Waals surface area (Å²) in [6, 6.07) is 11.6. The van der Waals surface area contributed by atoms with E-state index >= 15 is 0 Å². The number of methoxy groups -OCH3 is 1. The Morgan fingerprint density at radius 1 is 1.28 bits per heavy atom. The van der Waals surface area contributed by atoms with E-state index in [2.05, 4.69) is 21.3 Å². The van der Waals surface area contributed by atoms with Gasteiger partial charge in [-0.15, -0.1) is 0 Å². The molecule has 1 aromatic heterocycles. The Labute approximate surface area is 153 Å². The van der Waals surface area contributed by atoms with Gasteiger partial charge in [-0.05, 0) is 44.1 Å². The number of likely N-dealkylation sites (tertiary alicyclic amines) is 1. The molecule has 1 aliphatic heterocycles. The van der Waals surface area contributed by atoms with Crippen molar-refractivity contribution in [3.05, 3.63) is 58.4 Å². The predicted molar refractivity (Wildman–Crippen MR) is 101 cm³/mol. The van der Waals surface area contributed by atoms with Gasteiger partial charge >= 0.3 is 0 Å². The van der Waals surface area contributed by atoms with Gasteiger partial charge in [-0.25, -0.2) is 0 Å². The van der Waals surface area contributed by atoms with E-state index in [0.29, 0.717) is 16.7 Å². The first-order valence-corrected chi connectivity index (χ1v) is 8.94. The number of hydrogen-bond acceptors (Lipinski definition) is 4. The Morgan fingerprint density at radius 2 is 2.04 bits per heavy atom. The van der Waals surface area contributed by atoms with Crippen LogP contribution in [0.1, 0.15) is 34.8 Å². The topological polar surface area (TPSA) is 57.4 Å². The third-order valence-corrected chi connectivity index (χ3v) is 4.94. The van der Waals surface area contributed by atoms with Crippen molar-refractivity contribution in [3.63, 3.8) is 0 Å². The molecule has 1 atom stereocenters. The minimum Gasteiger partial charge on any atom is -0.496 e. The smallest absolute Gasteiger partial charge is 0.254 e. The summed E-state index contributed by atoms with van der Waals surface area (Å²) in [7, 11) is 1.68. The fourth-order valence-electron chi connectivity index (χ4n) is 3.32. The van der Waals surface area contributed by atoms with Crippen molar-refractivity contribution in [1.82, 2.24) is 15.2 Å². The second-order valence-electron chi connectivity index (χ2n) is 6.12. The van der Waals surface area contributed by atoms with E-state index in [-0.39, 0.29) is 11.9 Å². The Hall–Kier alpha value is -2.18. The van der Waals surface area contributed by atoms with Crippen molar-refractivity contribution < 1.29 is 9.53 Å². The number of rotatable bonds is 6. The number of H-pyrrole nitrogens is 1. The zero-order valence-corrected chi connectivity index (χ0v) is 15.1. The maximum atomic E-state index is 12.5. The van der Waals surface area contributed by atoms with Crippen molar-refractivity contribution in [2.45, 2.75) is 18.9 Å². The molecule has 2 heterocycles. The third kappa shape index (κ3) is 4.08. The maximum Gasteiger partial charge on any atom is 0.254 e. The van der Waals surface area contributed by atoms with Crippen LogP contribution in [0.2, 0.25) is 0 Å². The van der Waals surface area contributed by atoms with E-state index in [1.165, 1.54) is 12.8 Å². The molecule has 0 saturated carbocycles. The van der Waals surface area contributed by atoms with Crippen LogP contribution >= 0.6 is 12.2 Å². The van der Waals surface area contributed by atoms with Crippen molar-refractivity contribution in [2.24, 2.45) is 0 Å². The molecule has 2 N–H and O–H groups in total. The van der Waals surface area contributed by atoms with Crippen LogP contribution < -0.4 is 10.1 Å². The summed E-state index contributed by atoms with van der Waals surface area (Å²) < 4.78 is 5.99. The van der Waals surface area contributed by atoms with E-state index < -0.39 is 0 Å². The number of nitrogens with zero attached hydrogens (tertiary/aromatic N) is 1. The fraction of sp³-hybridized carbons (Fsp3) is 0.368. The third-order valence-electron chi connectivity index (χ3n) is 4.60. The van der Waals surface area contributed by atoms with Gasteiger partial charge in [-0.1, -0.05) is 30.4 Å². The summed E-state index contributed by atoms with van der Waals surface area (Å²) in [5, 5.41) is 3.04. The number of ether oxygens (including phenoxy) is 1. The van der Waals surface area contributed by atoms with Crippen LogP contribution in [0, 0.1) is 4.64 Å². The van der Waals surface area contributed by atoms with Crippen LogP contribution in [0.15, 0.2) is 42.6 Å². The Kier molecular flexibility index (Phi) is 5.83. The highest BCUT2D eigenvalue weighted by atomic mass is 32.1. The van der Waals surface area contributed by atoms with Gasteiger partial charge in [0.2, 0.25) is 0 Å². The molecule has 5 nitrogen and oxygen atoms in total. The van der Waals surface area contributed by atoms with Gasteiger partial charge < -0.3 is 15.0 Å². The van der Waals surface area contributed by atoms with Gasteiger partial charge in [0, 0.05) is 18.3 Å². The predicted octanol–water partition coefficient (Wildman–Crippen LogP) is 3.32. The zero-order chi connectivity index (χ0) is 17.6. The molecule has 6 heteroatoms. The fourth-order valence-corrected chi connectivity index (χ4v) is 3.54. The molecular formula is C19H23N3O2S. The number of hydrogen-bond donors (Lipinski definition) is 2. The van der Waals surface area contributed by atoms with E-state index in [4.69, 9.17) is 17.0 Å². The van der Waals surface area contributed by atoms with Gasteiger partial charge in [0.15, 0.2) is 0 Å². The molecule has 132 valence electrons. The lowest BCUT2D eigenvalue weighted by Gasteiger charge is -2.29. The van der Waals surface area contributed by atoms with Crippen molar-refractivity contribution in [1.29, 1.82) is 0 Å². The van der Waals surface area contributed by atoms with Crippen LogP contribution in [0.5, 0.6) is 5.75 Å². The number of amides is 1. The first-order chi connectivity index (χ1) is 12.2. The summed E-state index contributed by atoms with van der Waals surface area (Å²) >= 11 is 5.20. The molecule has 3 rings (SSSR count). The van der Waals surface area contributed by atoms with Gasteiger partial charge in [0.1, 0.15) is 10.4 Å². The number of carbonyl (C=O) groups excluding carboxylic acids is 1. The van der Waals surface area contributed by atoms with Crippen LogP contribution in [-0.2, 0) is 0 Å². The summed E-state index contributed by atoms with van der Waals surface area (Å²) in [4.78, 5) is 17.8. The molecule has 25 heavy (non-hydrogen) atoms. The summed E-state index contributed by atoms with van der Waals surface area (Å²) in [6.45, 7) is 2.58. The highest BCUT2D eigenvalue weighted by Crippen LogP contribution is 2.31. The number of aromatic nitrogens is 1. The first kappa shape index (κ1) is 17.6. The molecule has 1 aromatic carbocycles. The molecule has 1 fully saturated rings. The number of para-hydroxylation sites is 1. The van der Waals surface area contributed by atoms with Crippen LogP contribution in [0.25, 0.3) is 0 Å². The van der Waals surface area contributed by atoms with Crippen molar-refractivity contribution in [2.75, 3.05) is 26.7 Å². The number of carbonyl (C=O) groups is 1. The number of aromatic amines is 1. The summed E-state index contributed by atoms with van der Waals surface area (Å²) in [6.07, 6.45) is 4.09. The average Bonchev–Trinajstić information content (AvgIpc) is 3.17. The molecule has 0 bridgehead atoms. The van der Waals surface area contributed by atoms with Crippen molar-refractivity contribution >= 4 is 18.1 Å². The molecule has 0 radical (unpaired) electrons. The molecule has 1 unspecified atom stereocenters. The molecule has 2 aromatic rings. The van der Waals surface area contributed by atoms with Crippen LogP contribution in [-0.4, -0.2) is 42.5 Å². The number of nitrogens with one attached hydrogen (secondary N) is 2. The molecule has 0 aliphatic carbocycles. The quantitative estimate of drug-likeness (QED) is 0.779. The highest BCUT2D eigenvalue weighted by molar-refractivity contribution is 7.71. The first-order valence-electron chi connectivity index (χ1n) is 8.53. The van der Waals surface area contributed by atoms with Crippen molar-refractivity contribution in [3.8, 4) is 5.75 Å². The van der Waals surface area contributed by atoms with Gasteiger partial charge in [-0.2, -0.15) is 0 Å². The van der Waals surface area contributed by atoms with E-state index in [0.717, 1.165) is 24.4 Å². The Balaban J connectivity index is 1.80. The molecule has 1 amide bonds. The summed E-state index contributed by atoms with van der Waals surface area (Å²) in [5.74, 6) is 0.701. The van der Waals surface area contributed by atoms with Crippen LogP contribution in [0.4, 0.5) is 0 Å². The zero-order valence-electron chi connectivity index (χ0n) is 14.3. The highest BCUT2D eigenvalue weighted by Gasteiger charge is 2.26. The normalized spacial score (nSPS) is 15.7. The van der Waals surface area contributed by atoms with Crippen LogP contribution in [0.3, 0.4) is 0 Å². The lowest BCUT2D eigenvalue weighted by Crippen LogP contribution is -2.37. The molecule has 1 aliphatic rings. The number of benzene rings is 1.